The molecule has 0 radical (unpaired) electrons. The molecule has 0 fully saturated rings. The lowest BCUT2D eigenvalue weighted by Crippen LogP contribution is -2.16. The summed E-state index contributed by atoms with van der Waals surface area (Å²) in [5, 5.41) is 7.44. The molecule has 0 N–H and O–H groups in total. The van der Waals surface area contributed by atoms with E-state index in [1.165, 1.54) is 160 Å². The molecular formula is C84H59N3. The zero-order chi connectivity index (χ0) is 57.9. The maximum Gasteiger partial charge on any atom is 0.0588 e. The predicted octanol–water partition coefficient (Wildman–Crippen LogP) is 22.3. The second-order valence-corrected chi connectivity index (χ2v) is 25.2. The lowest BCUT2D eigenvalue weighted by atomic mass is 9.81. The van der Waals surface area contributed by atoms with E-state index in [-0.39, 0.29) is 10.8 Å². The molecule has 16 aromatic rings. The molecule has 0 aliphatic heterocycles. The number of aromatic nitrogens is 3. The molecule has 13 aromatic carbocycles. The van der Waals surface area contributed by atoms with Gasteiger partial charge in [0.15, 0.2) is 0 Å². The lowest BCUT2D eigenvalue weighted by molar-refractivity contribution is 0.660. The molecule has 0 amide bonds. The molecular weight excluding hydrogens is 1050 g/mol. The first kappa shape index (κ1) is 49.7. The summed E-state index contributed by atoms with van der Waals surface area (Å²) < 4.78 is 7.49. The van der Waals surface area contributed by atoms with E-state index in [4.69, 9.17) is 0 Å². The van der Waals surface area contributed by atoms with Crippen molar-refractivity contribution in [3.05, 3.63) is 307 Å². The minimum absolute atomic E-state index is 0.168. The normalized spacial score (nSPS) is 13.7. The Morgan fingerprint density at radius 2 is 0.655 bits per heavy atom. The number of benzene rings is 13. The smallest absolute Gasteiger partial charge is 0.0588 e. The van der Waals surface area contributed by atoms with Crippen molar-refractivity contribution < 1.29 is 0 Å². The van der Waals surface area contributed by atoms with E-state index in [1.54, 1.807) is 0 Å². The van der Waals surface area contributed by atoms with Crippen LogP contribution in [0.15, 0.2) is 285 Å². The average molecular weight is 1110 g/mol. The largest absolute Gasteiger partial charge is 0.309 e. The van der Waals surface area contributed by atoms with Crippen molar-refractivity contribution in [2.24, 2.45) is 0 Å². The van der Waals surface area contributed by atoms with Crippen LogP contribution in [-0.4, -0.2) is 13.7 Å². The van der Waals surface area contributed by atoms with Gasteiger partial charge in [0.1, 0.15) is 0 Å². The van der Waals surface area contributed by atoms with E-state index in [9.17, 15) is 0 Å². The molecule has 0 spiro atoms. The molecule has 0 saturated carbocycles. The highest BCUT2D eigenvalue weighted by atomic mass is 15.0. The van der Waals surface area contributed by atoms with Crippen molar-refractivity contribution >= 4 is 65.4 Å². The summed E-state index contributed by atoms with van der Waals surface area (Å²) in [6, 6.07) is 107. The summed E-state index contributed by atoms with van der Waals surface area (Å²) in [5.74, 6) is 0. The van der Waals surface area contributed by atoms with E-state index in [0.29, 0.717) is 0 Å². The van der Waals surface area contributed by atoms with Crippen molar-refractivity contribution in [1.29, 1.82) is 0 Å². The molecule has 0 bridgehead atoms. The SMILES string of the molecule is CC1(C)c2ccc(-c3ccc4c(c3)c3cc5c(cc3n4-c3cc(-c4ccccc4)cc(-c4ccccc4)c3)c3ccccc3n5-c3ccccc3)cc2-c2cc(-c3ccc4c(c3)c3ccc5c(c3n4-c3ccccc3)C(C)(C)c3ccccc3-5)ccc21. The van der Waals surface area contributed by atoms with Crippen LogP contribution in [0.1, 0.15) is 49.9 Å². The van der Waals surface area contributed by atoms with Gasteiger partial charge in [-0.1, -0.05) is 216 Å². The number of rotatable bonds is 7. The van der Waals surface area contributed by atoms with Gasteiger partial charge in [-0.15, -0.1) is 0 Å². The molecule has 2 aliphatic rings. The Morgan fingerprint density at radius 1 is 0.218 bits per heavy atom. The Labute approximate surface area is 505 Å². The molecule has 87 heavy (non-hydrogen) atoms. The average Bonchev–Trinajstić information content (AvgIpc) is 1.61. The monoisotopic (exact) mass is 1110 g/mol. The van der Waals surface area contributed by atoms with E-state index in [2.05, 4.69) is 327 Å². The van der Waals surface area contributed by atoms with Crippen LogP contribution in [0.2, 0.25) is 0 Å². The summed E-state index contributed by atoms with van der Waals surface area (Å²) in [6.45, 7) is 9.60. The van der Waals surface area contributed by atoms with Gasteiger partial charge < -0.3 is 13.7 Å². The van der Waals surface area contributed by atoms with Crippen LogP contribution in [0.25, 0.3) is 149 Å². The van der Waals surface area contributed by atoms with Gasteiger partial charge in [-0.3, -0.25) is 0 Å². The fraction of sp³-hybridized carbons (Fsp3) is 0.0714. The van der Waals surface area contributed by atoms with E-state index >= 15 is 0 Å². The van der Waals surface area contributed by atoms with Crippen LogP contribution in [-0.2, 0) is 10.8 Å². The Balaban J connectivity index is 0.814. The predicted molar refractivity (Wildman–Crippen MR) is 366 cm³/mol. The Hall–Kier alpha value is -10.7. The second kappa shape index (κ2) is 18.4. The van der Waals surface area contributed by atoms with E-state index < -0.39 is 0 Å². The quantitative estimate of drug-likeness (QED) is 0.151. The maximum atomic E-state index is 2.52. The Morgan fingerprint density at radius 3 is 1.26 bits per heavy atom. The minimum Gasteiger partial charge on any atom is -0.309 e. The second-order valence-electron chi connectivity index (χ2n) is 25.2. The van der Waals surface area contributed by atoms with Crippen LogP contribution in [0, 0.1) is 0 Å². The molecule has 410 valence electrons. The van der Waals surface area contributed by atoms with Gasteiger partial charge in [0, 0.05) is 60.2 Å². The molecule has 0 unspecified atom stereocenters. The van der Waals surface area contributed by atoms with Crippen molar-refractivity contribution in [3.63, 3.8) is 0 Å². The molecule has 3 nitrogen and oxygen atoms in total. The number of hydrogen-bond acceptors (Lipinski definition) is 0. The van der Waals surface area contributed by atoms with Gasteiger partial charge in [-0.2, -0.15) is 0 Å². The van der Waals surface area contributed by atoms with Gasteiger partial charge in [0.05, 0.1) is 33.1 Å². The summed E-state index contributed by atoms with van der Waals surface area (Å²) >= 11 is 0. The molecule has 0 atom stereocenters. The fourth-order valence-corrected chi connectivity index (χ4v) is 15.6. The summed E-state index contributed by atoms with van der Waals surface area (Å²) in [4.78, 5) is 0. The van der Waals surface area contributed by atoms with Gasteiger partial charge in [0.2, 0.25) is 0 Å². The van der Waals surface area contributed by atoms with Crippen molar-refractivity contribution in [1.82, 2.24) is 13.7 Å². The fourth-order valence-electron chi connectivity index (χ4n) is 15.6. The summed E-state index contributed by atoms with van der Waals surface area (Å²) in [6.07, 6.45) is 0. The van der Waals surface area contributed by atoms with Crippen LogP contribution < -0.4 is 0 Å². The standard InChI is InChI=1S/C84H59N3/c1-83(2)74-39-33-54(56-36-42-78-69(48-56)66-38-37-65-63-29-17-19-31-73(63)84(3,4)81(65)82(66)87(78)61-27-15-8-16-28-61)46-67(74)68-47-55(34-40-75(68)83)57-35-41-77-70(49-57)72-51-79-71(64-30-18-20-32-76(64)85(79)60-25-13-7-14-26-60)50-80(72)86(77)62-44-58(52-21-9-5-10-22-52)43-59(45-62)53-23-11-6-12-24-53/h5-51H,1-4H3. The number of para-hydroxylation sites is 3. The third kappa shape index (κ3) is 7.24. The molecule has 3 aromatic heterocycles. The third-order valence-corrected chi connectivity index (χ3v) is 19.8. The van der Waals surface area contributed by atoms with Gasteiger partial charge in [0.25, 0.3) is 0 Å². The van der Waals surface area contributed by atoms with Gasteiger partial charge in [-0.25, -0.2) is 0 Å². The lowest BCUT2D eigenvalue weighted by Gasteiger charge is -2.23. The van der Waals surface area contributed by atoms with Crippen LogP contribution in [0.3, 0.4) is 0 Å². The number of fused-ring (bicyclic) bond motifs is 16. The molecule has 2 aliphatic carbocycles. The van der Waals surface area contributed by atoms with Crippen LogP contribution in [0.5, 0.6) is 0 Å². The number of nitrogens with zero attached hydrogens (tertiary/aromatic N) is 3. The summed E-state index contributed by atoms with van der Waals surface area (Å²) in [5.41, 5.74) is 30.7. The Kier molecular flexibility index (Phi) is 10.5. The molecule has 0 saturated heterocycles. The first-order valence-electron chi connectivity index (χ1n) is 30.6. The van der Waals surface area contributed by atoms with Gasteiger partial charge in [-0.05, 0) is 186 Å². The Bertz CT molecular complexity index is 5480. The van der Waals surface area contributed by atoms with Crippen molar-refractivity contribution in [2.45, 2.75) is 38.5 Å². The highest BCUT2D eigenvalue weighted by Gasteiger charge is 2.39. The molecule has 3 heterocycles. The highest BCUT2D eigenvalue weighted by Crippen LogP contribution is 2.55. The van der Waals surface area contributed by atoms with Crippen LogP contribution in [0.4, 0.5) is 0 Å². The van der Waals surface area contributed by atoms with E-state index in [1.807, 2.05) is 0 Å². The topological polar surface area (TPSA) is 14.8 Å². The van der Waals surface area contributed by atoms with Crippen molar-refractivity contribution in [2.75, 3.05) is 0 Å². The first-order valence-corrected chi connectivity index (χ1v) is 30.6. The third-order valence-electron chi connectivity index (χ3n) is 19.8. The minimum atomic E-state index is -0.174. The number of hydrogen-bond donors (Lipinski definition) is 0. The first-order chi connectivity index (χ1) is 42.7. The maximum absolute atomic E-state index is 2.52. The summed E-state index contributed by atoms with van der Waals surface area (Å²) in [7, 11) is 0. The van der Waals surface area contributed by atoms with E-state index in [0.717, 1.165) is 11.4 Å². The van der Waals surface area contributed by atoms with Gasteiger partial charge >= 0.3 is 0 Å². The molecule has 18 rings (SSSR count). The highest BCUT2D eigenvalue weighted by molar-refractivity contribution is 6.20. The van der Waals surface area contributed by atoms with Crippen LogP contribution >= 0.6 is 0 Å². The molecule has 3 heteroatoms. The zero-order valence-corrected chi connectivity index (χ0v) is 49.0. The zero-order valence-electron chi connectivity index (χ0n) is 49.0. The van der Waals surface area contributed by atoms with Crippen molar-refractivity contribution in [3.8, 4) is 83.8 Å².